The van der Waals surface area contributed by atoms with Gasteiger partial charge in [0.15, 0.2) is 0 Å². The fourth-order valence-electron chi connectivity index (χ4n) is 3.58. The van der Waals surface area contributed by atoms with E-state index >= 15 is 0 Å². The third kappa shape index (κ3) is 3.32. The van der Waals surface area contributed by atoms with Crippen LogP contribution in [0.25, 0.3) is 0 Å². The minimum Gasteiger partial charge on any atom is -0.391 e. The Morgan fingerprint density at radius 1 is 1.38 bits per heavy atom. The minimum absolute atomic E-state index is 0.00778. The SMILES string of the molecule is CCC1CCc2sc(C(=O)N[C@H]3CCCC[C@@H]3O)cc2C1. The second-order valence-electron chi connectivity index (χ2n) is 6.51. The standard InChI is InChI=1S/C17H25NO2S/c1-2-11-7-8-15-12(9-11)10-16(21-15)17(20)18-13-5-3-4-6-14(13)19/h10-11,13-14,19H,2-9H2,1H3,(H,18,20)/t11?,13-,14-/m0/s1. The Morgan fingerprint density at radius 2 is 2.19 bits per heavy atom. The number of nitrogens with one attached hydrogen (secondary N) is 1. The lowest BCUT2D eigenvalue weighted by atomic mass is 9.87. The minimum atomic E-state index is -0.373. The number of thiophene rings is 1. The number of carbonyl (C=O) groups excluding carboxylic acids is 1. The van der Waals surface area contributed by atoms with Crippen LogP contribution in [0.4, 0.5) is 0 Å². The number of rotatable bonds is 3. The predicted octanol–water partition coefficient (Wildman–Crippen LogP) is 3.30. The summed E-state index contributed by atoms with van der Waals surface area (Å²) in [6.45, 7) is 2.25. The van der Waals surface area contributed by atoms with Crippen molar-refractivity contribution in [1.82, 2.24) is 5.32 Å². The predicted molar refractivity (Wildman–Crippen MR) is 85.9 cm³/mol. The van der Waals surface area contributed by atoms with Gasteiger partial charge in [-0.3, -0.25) is 4.79 Å². The first-order valence-corrected chi connectivity index (χ1v) is 9.09. The van der Waals surface area contributed by atoms with Gasteiger partial charge in [-0.05, 0) is 49.7 Å². The molecule has 4 heteroatoms. The van der Waals surface area contributed by atoms with Crippen LogP contribution in [0, 0.1) is 5.92 Å². The average molecular weight is 307 g/mol. The van der Waals surface area contributed by atoms with Gasteiger partial charge >= 0.3 is 0 Å². The quantitative estimate of drug-likeness (QED) is 0.900. The molecule has 0 bridgehead atoms. The summed E-state index contributed by atoms with van der Waals surface area (Å²) >= 11 is 1.65. The molecular weight excluding hydrogens is 282 g/mol. The average Bonchev–Trinajstić information content (AvgIpc) is 2.92. The van der Waals surface area contributed by atoms with E-state index in [1.54, 1.807) is 11.3 Å². The third-order valence-corrected chi connectivity index (χ3v) is 6.27. The Labute approximate surface area is 130 Å². The van der Waals surface area contributed by atoms with Gasteiger partial charge in [0, 0.05) is 4.88 Å². The molecule has 3 atom stereocenters. The first kappa shape index (κ1) is 15.0. The fraction of sp³-hybridized carbons (Fsp3) is 0.706. The van der Waals surface area contributed by atoms with Gasteiger partial charge in [-0.1, -0.05) is 26.2 Å². The van der Waals surface area contributed by atoms with Gasteiger partial charge in [0.1, 0.15) is 0 Å². The van der Waals surface area contributed by atoms with E-state index in [0.717, 1.165) is 49.3 Å². The van der Waals surface area contributed by atoms with Crippen LogP contribution in [-0.4, -0.2) is 23.2 Å². The molecule has 0 spiro atoms. The Bertz CT molecular complexity index is 511. The molecule has 1 saturated carbocycles. The number of amides is 1. The Kier molecular flexibility index (Phi) is 4.65. The van der Waals surface area contributed by atoms with E-state index in [0.29, 0.717) is 0 Å². The maximum Gasteiger partial charge on any atom is 0.261 e. The van der Waals surface area contributed by atoms with E-state index in [1.807, 2.05) is 0 Å². The number of hydrogen-bond acceptors (Lipinski definition) is 3. The van der Waals surface area contributed by atoms with Crippen molar-refractivity contribution in [3.63, 3.8) is 0 Å². The van der Waals surface area contributed by atoms with Crippen molar-refractivity contribution in [2.24, 2.45) is 5.92 Å². The molecule has 3 nitrogen and oxygen atoms in total. The topological polar surface area (TPSA) is 49.3 Å². The summed E-state index contributed by atoms with van der Waals surface area (Å²) in [5.41, 5.74) is 1.38. The van der Waals surface area contributed by atoms with Crippen molar-refractivity contribution in [3.05, 3.63) is 21.4 Å². The molecule has 2 aliphatic rings. The first-order valence-electron chi connectivity index (χ1n) is 8.28. The van der Waals surface area contributed by atoms with Gasteiger partial charge < -0.3 is 10.4 Å². The molecule has 1 fully saturated rings. The number of carbonyl (C=O) groups is 1. The molecule has 3 rings (SSSR count). The van der Waals surface area contributed by atoms with Crippen molar-refractivity contribution in [3.8, 4) is 0 Å². The molecule has 0 aromatic carbocycles. The number of aliphatic hydroxyl groups excluding tert-OH is 1. The number of aryl methyl sites for hydroxylation is 1. The monoisotopic (exact) mass is 307 g/mol. The van der Waals surface area contributed by atoms with Crippen LogP contribution in [-0.2, 0) is 12.8 Å². The molecule has 1 heterocycles. The fourth-order valence-corrected chi connectivity index (χ4v) is 4.69. The van der Waals surface area contributed by atoms with Gasteiger partial charge in [0.2, 0.25) is 0 Å². The van der Waals surface area contributed by atoms with Crippen LogP contribution in [0.15, 0.2) is 6.07 Å². The van der Waals surface area contributed by atoms with Crippen LogP contribution >= 0.6 is 11.3 Å². The van der Waals surface area contributed by atoms with Crippen molar-refractivity contribution in [1.29, 1.82) is 0 Å². The highest BCUT2D eigenvalue weighted by Crippen LogP contribution is 2.33. The third-order valence-electron chi connectivity index (χ3n) is 5.03. The largest absolute Gasteiger partial charge is 0.391 e. The molecule has 0 aliphatic heterocycles. The zero-order chi connectivity index (χ0) is 14.8. The summed E-state index contributed by atoms with van der Waals surface area (Å²) < 4.78 is 0. The Morgan fingerprint density at radius 3 is 2.95 bits per heavy atom. The van der Waals surface area contributed by atoms with Crippen molar-refractivity contribution >= 4 is 17.2 Å². The van der Waals surface area contributed by atoms with Crippen LogP contribution in [0.2, 0.25) is 0 Å². The molecule has 0 radical (unpaired) electrons. The summed E-state index contributed by atoms with van der Waals surface area (Å²) in [6, 6.07) is 2.03. The molecule has 1 aromatic heterocycles. The van der Waals surface area contributed by atoms with Gasteiger partial charge in [-0.15, -0.1) is 11.3 Å². The second kappa shape index (κ2) is 6.49. The lowest BCUT2D eigenvalue weighted by molar-refractivity contribution is 0.0720. The highest BCUT2D eigenvalue weighted by atomic mass is 32.1. The lowest BCUT2D eigenvalue weighted by Crippen LogP contribution is -2.44. The van der Waals surface area contributed by atoms with Crippen LogP contribution in [0.1, 0.15) is 65.6 Å². The van der Waals surface area contributed by atoms with E-state index < -0.39 is 0 Å². The summed E-state index contributed by atoms with van der Waals surface area (Å²) in [7, 11) is 0. The zero-order valence-electron chi connectivity index (χ0n) is 12.7. The Balaban J connectivity index is 1.67. The Hall–Kier alpha value is -0.870. The molecular formula is C17H25NO2S. The molecule has 0 saturated heterocycles. The van der Waals surface area contributed by atoms with Gasteiger partial charge in [-0.25, -0.2) is 0 Å². The van der Waals surface area contributed by atoms with E-state index in [1.165, 1.54) is 23.3 Å². The molecule has 2 N–H and O–H groups in total. The van der Waals surface area contributed by atoms with E-state index in [-0.39, 0.29) is 18.1 Å². The normalized spacial score (nSPS) is 29.0. The molecule has 1 unspecified atom stereocenters. The molecule has 1 amide bonds. The summed E-state index contributed by atoms with van der Waals surface area (Å²) in [4.78, 5) is 14.6. The van der Waals surface area contributed by atoms with Gasteiger partial charge in [-0.2, -0.15) is 0 Å². The molecule has 116 valence electrons. The zero-order valence-corrected chi connectivity index (χ0v) is 13.5. The van der Waals surface area contributed by atoms with Gasteiger partial charge in [0.05, 0.1) is 17.0 Å². The summed E-state index contributed by atoms with van der Waals surface area (Å²) in [6.07, 6.45) is 8.24. The maximum absolute atomic E-state index is 12.4. The van der Waals surface area contributed by atoms with E-state index in [4.69, 9.17) is 0 Å². The van der Waals surface area contributed by atoms with Crippen molar-refractivity contribution in [2.45, 2.75) is 70.4 Å². The smallest absolute Gasteiger partial charge is 0.261 e. The van der Waals surface area contributed by atoms with E-state index in [9.17, 15) is 9.90 Å². The molecule has 21 heavy (non-hydrogen) atoms. The van der Waals surface area contributed by atoms with Crippen molar-refractivity contribution in [2.75, 3.05) is 0 Å². The number of fused-ring (bicyclic) bond motifs is 1. The summed E-state index contributed by atoms with van der Waals surface area (Å²) in [5.74, 6) is 0.788. The first-order chi connectivity index (χ1) is 10.2. The lowest BCUT2D eigenvalue weighted by Gasteiger charge is -2.28. The highest BCUT2D eigenvalue weighted by Gasteiger charge is 2.27. The maximum atomic E-state index is 12.4. The number of hydrogen-bond donors (Lipinski definition) is 2. The van der Waals surface area contributed by atoms with Crippen LogP contribution in [0.3, 0.4) is 0 Å². The van der Waals surface area contributed by atoms with Crippen LogP contribution in [0.5, 0.6) is 0 Å². The van der Waals surface area contributed by atoms with Crippen molar-refractivity contribution < 1.29 is 9.90 Å². The molecule has 2 aliphatic carbocycles. The highest BCUT2D eigenvalue weighted by molar-refractivity contribution is 7.14. The van der Waals surface area contributed by atoms with Gasteiger partial charge in [0.25, 0.3) is 5.91 Å². The van der Waals surface area contributed by atoms with E-state index in [2.05, 4.69) is 18.3 Å². The van der Waals surface area contributed by atoms with Crippen LogP contribution < -0.4 is 5.32 Å². The summed E-state index contributed by atoms with van der Waals surface area (Å²) in [5, 5.41) is 13.0. The number of aliphatic hydroxyl groups is 1. The second-order valence-corrected chi connectivity index (χ2v) is 7.64. The molecule has 1 aromatic rings.